The van der Waals surface area contributed by atoms with E-state index in [0.717, 1.165) is 30.8 Å². The van der Waals surface area contributed by atoms with Crippen molar-refractivity contribution in [1.29, 1.82) is 0 Å². The fourth-order valence-corrected chi connectivity index (χ4v) is 2.58. The zero-order valence-corrected chi connectivity index (χ0v) is 13.5. The topological polar surface area (TPSA) is 56.2 Å². The van der Waals surface area contributed by atoms with Gasteiger partial charge in [0.05, 0.1) is 12.8 Å². The van der Waals surface area contributed by atoms with Crippen LogP contribution in [0.3, 0.4) is 0 Å². The summed E-state index contributed by atoms with van der Waals surface area (Å²) in [4.78, 5) is 12.0. The summed E-state index contributed by atoms with van der Waals surface area (Å²) in [7, 11) is 1.43. The lowest BCUT2D eigenvalue weighted by atomic mass is 9.94. The van der Waals surface area contributed by atoms with Crippen molar-refractivity contribution in [2.24, 2.45) is 0 Å². The van der Waals surface area contributed by atoms with Gasteiger partial charge in [-0.25, -0.2) is 0 Å². The van der Waals surface area contributed by atoms with E-state index in [9.17, 15) is 4.79 Å². The molecule has 20 heavy (non-hydrogen) atoms. The molecule has 0 bridgehead atoms. The van der Waals surface area contributed by atoms with Crippen molar-refractivity contribution in [2.75, 3.05) is 7.11 Å². The van der Waals surface area contributed by atoms with Crippen molar-refractivity contribution in [3.05, 3.63) is 17.5 Å². The first-order valence-corrected chi connectivity index (χ1v) is 7.15. The van der Waals surface area contributed by atoms with Crippen LogP contribution in [0.1, 0.15) is 45.0 Å². The van der Waals surface area contributed by atoms with Crippen LogP contribution in [0.25, 0.3) is 0 Å². The molecule has 1 rings (SSSR count). The Hall–Kier alpha value is -1.36. The highest BCUT2D eigenvalue weighted by atomic mass is 16.5. The normalized spacial score (nSPS) is 14.3. The first-order chi connectivity index (χ1) is 9.28. The fraction of sp³-hybridized carbons (Fsp3) is 0.733. The van der Waals surface area contributed by atoms with E-state index in [1.807, 2.05) is 39.3 Å². The van der Waals surface area contributed by atoms with E-state index >= 15 is 0 Å². The Kier molecular flexibility index (Phi) is 5.74. The largest absolute Gasteiger partial charge is 0.468 e. The summed E-state index contributed by atoms with van der Waals surface area (Å²) in [6.45, 7) is 10.8. The van der Waals surface area contributed by atoms with Crippen molar-refractivity contribution >= 4 is 5.97 Å². The lowest BCUT2D eigenvalue weighted by Gasteiger charge is -2.30. The van der Waals surface area contributed by atoms with Gasteiger partial charge < -0.3 is 4.74 Å². The fourth-order valence-electron chi connectivity index (χ4n) is 2.58. The first kappa shape index (κ1) is 16.7. The molecular weight excluding hydrogens is 254 g/mol. The van der Waals surface area contributed by atoms with Crippen LogP contribution in [0.5, 0.6) is 0 Å². The number of nitrogens with zero attached hydrogens (tertiary/aromatic N) is 2. The second-order valence-corrected chi connectivity index (χ2v) is 5.88. The monoisotopic (exact) mass is 281 g/mol. The van der Waals surface area contributed by atoms with Gasteiger partial charge in [-0.05, 0) is 53.5 Å². The van der Waals surface area contributed by atoms with Gasteiger partial charge in [-0.3, -0.25) is 14.8 Å². The number of nitrogens with one attached hydrogen (secondary N) is 1. The van der Waals surface area contributed by atoms with E-state index in [0.29, 0.717) is 0 Å². The molecule has 1 N–H and O–H groups in total. The minimum atomic E-state index is -0.640. The van der Waals surface area contributed by atoms with Crippen molar-refractivity contribution < 1.29 is 9.53 Å². The summed E-state index contributed by atoms with van der Waals surface area (Å²) >= 11 is 0. The Bertz CT molecular complexity index is 454. The number of carbonyl (C=O) groups excluding carboxylic acids is 1. The van der Waals surface area contributed by atoms with Crippen molar-refractivity contribution in [1.82, 2.24) is 15.1 Å². The Morgan fingerprint density at radius 3 is 2.60 bits per heavy atom. The molecule has 0 spiro atoms. The average molecular weight is 281 g/mol. The highest BCUT2D eigenvalue weighted by molar-refractivity contribution is 5.80. The van der Waals surface area contributed by atoms with Crippen molar-refractivity contribution in [2.45, 2.75) is 65.6 Å². The molecular formula is C15H27N3O2. The molecule has 1 aromatic heterocycles. The molecule has 0 radical (unpaired) electrons. The van der Waals surface area contributed by atoms with Crippen LogP contribution in [0.4, 0.5) is 0 Å². The molecule has 0 aliphatic carbocycles. The van der Waals surface area contributed by atoms with Gasteiger partial charge in [0, 0.05) is 18.3 Å². The number of methoxy groups -OCH3 is 1. The first-order valence-electron chi connectivity index (χ1n) is 7.15. The third-order valence-corrected chi connectivity index (χ3v) is 3.39. The molecule has 114 valence electrons. The number of aromatic nitrogens is 2. The summed E-state index contributed by atoms with van der Waals surface area (Å²) in [5.74, 6) is -0.209. The van der Waals surface area contributed by atoms with Gasteiger partial charge in [-0.1, -0.05) is 0 Å². The molecule has 0 amide bonds. The molecule has 0 aliphatic rings. The molecule has 1 heterocycles. The molecule has 0 fully saturated rings. The number of ether oxygens (including phenoxy) is 1. The van der Waals surface area contributed by atoms with Gasteiger partial charge in [-0.2, -0.15) is 5.10 Å². The van der Waals surface area contributed by atoms with E-state index in [2.05, 4.69) is 16.5 Å². The molecule has 1 aromatic rings. The predicted octanol–water partition coefficient (Wildman–Crippen LogP) is 2.21. The SMILES string of the molecule is COC(=O)C(C)(CCCn1nc(C)cc1C)NC(C)C. The van der Waals surface area contributed by atoms with Crippen LogP contribution in [-0.4, -0.2) is 34.4 Å². The van der Waals surface area contributed by atoms with E-state index in [4.69, 9.17) is 4.74 Å². The van der Waals surface area contributed by atoms with E-state index in [1.54, 1.807) is 0 Å². The standard InChI is InChI=1S/C15H27N3O2/c1-11(2)16-15(5,14(19)20-6)8-7-9-18-13(4)10-12(3)17-18/h10-11,16H,7-9H2,1-6H3. The number of hydrogen-bond donors (Lipinski definition) is 1. The van der Waals surface area contributed by atoms with Crippen LogP contribution in [0, 0.1) is 13.8 Å². The number of carbonyl (C=O) groups is 1. The lowest BCUT2D eigenvalue weighted by molar-refractivity contribution is -0.148. The highest BCUT2D eigenvalue weighted by Gasteiger charge is 2.34. The number of rotatable bonds is 7. The van der Waals surface area contributed by atoms with Crippen molar-refractivity contribution in [3.63, 3.8) is 0 Å². The minimum Gasteiger partial charge on any atom is -0.468 e. The second kappa shape index (κ2) is 6.88. The van der Waals surface area contributed by atoms with Gasteiger partial charge in [0.25, 0.3) is 0 Å². The van der Waals surface area contributed by atoms with Crippen molar-refractivity contribution in [3.8, 4) is 0 Å². The molecule has 5 nitrogen and oxygen atoms in total. The van der Waals surface area contributed by atoms with Gasteiger partial charge in [0.1, 0.15) is 5.54 Å². The van der Waals surface area contributed by atoms with E-state index < -0.39 is 5.54 Å². The summed E-state index contributed by atoms with van der Waals surface area (Å²) in [5, 5.41) is 7.74. The quantitative estimate of drug-likeness (QED) is 0.779. The van der Waals surface area contributed by atoms with E-state index in [-0.39, 0.29) is 12.0 Å². The van der Waals surface area contributed by atoms with Crippen LogP contribution in [-0.2, 0) is 16.1 Å². The molecule has 5 heteroatoms. The van der Waals surface area contributed by atoms with Gasteiger partial charge in [0.15, 0.2) is 0 Å². The maximum atomic E-state index is 12.0. The van der Waals surface area contributed by atoms with Crippen LogP contribution >= 0.6 is 0 Å². The molecule has 1 unspecified atom stereocenters. The summed E-state index contributed by atoms with van der Waals surface area (Å²) in [6, 6.07) is 2.29. The van der Waals surface area contributed by atoms with Crippen LogP contribution in [0.15, 0.2) is 6.07 Å². The second-order valence-electron chi connectivity index (χ2n) is 5.88. The molecule has 0 aliphatic heterocycles. The van der Waals surface area contributed by atoms with Crippen LogP contribution < -0.4 is 5.32 Å². The van der Waals surface area contributed by atoms with Gasteiger partial charge in [-0.15, -0.1) is 0 Å². The third kappa shape index (κ3) is 4.34. The van der Waals surface area contributed by atoms with Gasteiger partial charge in [0.2, 0.25) is 0 Å². The lowest BCUT2D eigenvalue weighted by Crippen LogP contribution is -2.53. The Morgan fingerprint density at radius 2 is 2.15 bits per heavy atom. The highest BCUT2D eigenvalue weighted by Crippen LogP contribution is 2.17. The third-order valence-electron chi connectivity index (χ3n) is 3.39. The molecule has 0 saturated heterocycles. The number of esters is 1. The molecule has 0 aromatic carbocycles. The van der Waals surface area contributed by atoms with E-state index in [1.165, 1.54) is 7.11 Å². The Labute approximate surface area is 121 Å². The smallest absolute Gasteiger partial charge is 0.325 e. The maximum Gasteiger partial charge on any atom is 0.325 e. The predicted molar refractivity (Wildman–Crippen MR) is 79.6 cm³/mol. The van der Waals surface area contributed by atoms with Crippen LogP contribution in [0.2, 0.25) is 0 Å². The minimum absolute atomic E-state index is 0.209. The molecule has 0 saturated carbocycles. The Balaban J connectivity index is 2.63. The summed E-state index contributed by atoms with van der Waals surface area (Å²) in [5.41, 5.74) is 1.54. The maximum absolute atomic E-state index is 12.0. The number of hydrogen-bond acceptors (Lipinski definition) is 4. The Morgan fingerprint density at radius 1 is 1.50 bits per heavy atom. The number of aryl methyl sites for hydroxylation is 3. The zero-order valence-electron chi connectivity index (χ0n) is 13.5. The molecule has 1 atom stereocenters. The zero-order chi connectivity index (χ0) is 15.3. The van der Waals surface area contributed by atoms with Gasteiger partial charge >= 0.3 is 5.97 Å². The average Bonchev–Trinajstić information content (AvgIpc) is 2.66. The summed E-state index contributed by atoms with van der Waals surface area (Å²) in [6.07, 6.45) is 1.59. The summed E-state index contributed by atoms with van der Waals surface area (Å²) < 4.78 is 6.91.